The molecule has 0 saturated carbocycles. The molecule has 2 N–H and O–H groups in total. The van der Waals surface area contributed by atoms with E-state index in [-0.39, 0.29) is 11.3 Å². The van der Waals surface area contributed by atoms with Crippen LogP contribution in [0.25, 0.3) is 6.08 Å². The van der Waals surface area contributed by atoms with Gasteiger partial charge in [-0.05, 0) is 55.7 Å². The van der Waals surface area contributed by atoms with Crippen LogP contribution in [0.1, 0.15) is 22.3 Å². The van der Waals surface area contributed by atoms with Gasteiger partial charge in [-0.3, -0.25) is 14.9 Å². The maximum Gasteiger partial charge on any atom is 0.335 e. The molecule has 1 aliphatic heterocycles. The Balaban J connectivity index is 2.08. The van der Waals surface area contributed by atoms with Crippen molar-refractivity contribution in [1.82, 2.24) is 5.32 Å². The van der Waals surface area contributed by atoms with Crippen molar-refractivity contribution in [2.75, 3.05) is 4.90 Å². The number of amides is 4. The Morgan fingerprint density at radius 2 is 1.54 bits per heavy atom. The second kappa shape index (κ2) is 6.48. The number of benzene rings is 2. The monoisotopic (exact) mass is 350 g/mol. The van der Waals surface area contributed by atoms with Crippen molar-refractivity contribution >= 4 is 29.6 Å². The number of hydrogen-bond donors (Lipinski definition) is 2. The molecule has 0 unspecified atom stereocenters. The van der Waals surface area contributed by atoms with E-state index in [2.05, 4.69) is 5.32 Å². The molecule has 1 fully saturated rings. The van der Waals surface area contributed by atoms with Crippen molar-refractivity contribution in [2.24, 2.45) is 0 Å². The van der Waals surface area contributed by atoms with E-state index < -0.39 is 17.8 Å². The summed E-state index contributed by atoms with van der Waals surface area (Å²) in [6.45, 7) is 5.56. The van der Waals surface area contributed by atoms with Crippen LogP contribution in [0.4, 0.5) is 10.5 Å². The first-order chi connectivity index (χ1) is 12.3. The van der Waals surface area contributed by atoms with Gasteiger partial charge < -0.3 is 5.11 Å². The minimum atomic E-state index is -0.766. The van der Waals surface area contributed by atoms with Gasteiger partial charge in [0.1, 0.15) is 11.3 Å². The Labute approximate surface area is 150 Å². The zero-order valence-corrected chi connectivity index (χ0v) is 14.7. The number of carbonyl (C=O) groups is 3. The van der Waals surface area contributed by atoms with E-state index >= 15 is 0 Å². The van der Waals surface area contributed by atoms with E-state index in [0.717, 1.165) is 21.6 Å². The summed E-state index contributed by atoms with van der Waals surface area (Å²) in [6.07, 6.45) is 1.40. The molecule has 0 aromatic heterocycles. The Bertz CT molecular complexity index is 935. The third kappa shape index (κ3) is 3.09. The topological polar surface area (TPSA) is 86.7 Å². The molecule has 0 radical (unpaired) electrons. The second-order valence-corrected chi connectivity index (χ2v) is 6.30. The predicted molar refractivity (Wildman–Crippen MR) is 97.8 cm³/mol. The molecule has 0 atom stereocenters. The number of urea groups is 1. The number of hydrogen-bond acceptors (Lipinski definition) is 4. The molecule has 1 heterocycles. The van der Waals surface area contributed by atoms with Crippen molar-refractivity contribution in [3.05, 3.63) is 64.2 Å². The minimum Gasteiger partial charge on any atom is -0.508 e. The van der Waals surface area contributed by atoms with E-state index in [1.54, 1.807) is 12.1 Å². The summed E-state index contributed by atoms with van der Waals surface area (Å²) < 4.78 is 0. The molecule has 0 bridgehead atoms. The fourth-order valence-corrected chi connectivity index (χ4v) is 3.12. The standard InChI is InChI=1S/C20H18N2O4/c1-11-8-12(2)17(13(3)9-11)22-19(25)16(18(24)21-20(22)26)10-14-4-6-15(23)7-5-14/h4-10,23H,1-3H3,(H,21,24,26). The molecule has 0 spiro atoms. The normalized spacial score (nSPS) is 16.2. The summed E-state index contributed by atoms with van der Waals surface area (Å²) in [7, 11) is 0. The van der Waals surface area contributed by atoms with Crippen molar-refractivity contribution in [3.63, 3.8) is 0 Å². The summed E-state index contributed by atoms with van der Waals surface area (Å²) in [5.74, 6) is -1.34. The van der Waals surface area contributed by atoms with Crippen LogP contribution < -0.4 is 10.2 Å². The minimum absolute atomic E-state index is 0.0780. The van der Waals surface area contributed by atoms with Gasteiger partial charge in [-0.1, -0.05) is 29.8 Å². The largest absolute Gasteiger partial charge is 0.508 e. The number of imide groups is 2. The van der Waals surface area contributed by atoms with Crippen LogP contribution in [0, 0.1) is 20.8 Å². The van der Waals surface area contributed by atoms with Crippen LogP contribution in [0.3, 0.4) is 0 Å². The number of barbiturate groups is 1. The molecule has 1 aliphatic rings. The molecule has 4 amide bonds. The highest BCUT2D eigenvalue weighted by atomic mass is 16.3. The number of aromatic hydroxyl groups is 1. The first-order valence-corrected chi connectivity index (χ1v) is 8.06. The van der Waals surface area contributed by atoms with Crippen molar-refractivity contribution < 1.29 is 19.5 Å². The number of aryl methyl sites for hydroxylation is 3. The summed E-state index contributed by atoms with van der Waals surface area (Å²) in [5.41, 5.74) is 3.45. The summed E-state index contributed by atoms with van der Waals surface area (Å²) in [6, 6.07) is 9.05. The number of nitrogens with one attached hydrogen (secondary N) is 1. The van der Waals surface area contributed by atoms with Crippen LogP contribution in [0.15, 0.2) is 42.0 Å². The lowest BCUT2D eigenvalue weighted by Gasteiger charge is -2.29. The highest BCUT2D eigenvalue weighted by Crippen LogP contribution is 2.29. The van der Waals surface area contributed by atoms with Crippen LogP contribution in [-0.2, 0) is 9.59 Å². The van der Waals surface area contributed by atoms with Gasteiger partial charge in [-0.2, -0.15) is 0 Å². The van der Waals surface area contributed by atoms with E-state index in [9.17, 15) is 19.5 Å². The Morgan fingerprint density at radius 3 is 2.12 bits per heavy atom. The molecule has 6 heteroatoms. The lowest BCUT2D eigenvalue weighted by Crippen LogP contribution is -2.54. The summed E-state index contributed by atoms with van der Waals surface area (Å²) in [4.78, 5) is 38.5. The van der Waals surface area contributed by atoms with Gasteiger partial charge in [0.15, 0.2) is 0 Å². The van der Waals surface area contributed by atoms with Crippen LogP contribution in [0.5, 0.6) is 5.75 Å². The highest BCUT2D eigenvalue weighted by Gasteiger charge is 2.38. The van der Waals surface area contributed by atoms with Crippen molar-refractivity contribution in [3.8, 4) is 5.75 Å². The van der Waals surface area contributed by atoms with Crippen LogP contribution in [0.2, 0.25) is 0 Å². The number of phenols is 1. The first kappa shape index (κ1) is 17.4. The molecule has 1 saturated heterocycles. The van der Waals surface area contributed by atoms with E-state index in [4.69, 9.17) is 0 Å². The molecule has 0 aliphatic carbocycles. The molecule has 2 aromatic rings. The van der Waals surface area contributed by atoms with E-state index in [0.29, 0.717) is 11.3 Å². The van der Waals surface area contributed by atoms with E-state index in [1.807, 2.05) is 32.9 Å². The SMILES string of the molecule is Cc1cc(C)c(N2C(=O)NC(=O)C(=Cc3ccc(O)cc3)C2=O)c(C)c1. The third-order valence-electron chi connectivity index (χ3n) is 4.16. The van der Waals surface area contributed by atoms with Gasteiger partial charge in [0.2, 0.25) is 0 Å². The second-order valence-electron chi connectivity index (χ2n) is 6.30. The van der Waals surface area contributed by atoms with Gasteiger partial charge in [0, 0.05) is 0 Å². The summed E-state index contributed by atoms with van der Waals surface area (Å²) in [5, 5.41) is 11.6. The number of rotatable bonds is 2. The Hall–Kier alpha value is -3.41. The zero-order valence-electron chi connectivity index (χ0n) is 14.7. The third-order valence-corrected chi connectivity index (χ3v) is 4.16. The first-order valence-electron chi connectivity index (χ1n) is 8.06. The Kier molecular flexibility index (Phi) is 4.34. The summed E-state index contributed by atoms with van der Waals surface area (Å²) >= 11 is 0. The number of nitrogens with zero attached hydrogens (tertiary/aromatic N) is 1. The molecule has 3 rings (SSSR count). The highest BCUT2D eigenvalue weighted by molar-refractivity contribution is 6.39. The quantitative estimate of drug-likeness (QED) is 0.644. The van der Waals surface area contributed by atoms with Gasteiger partial charge in [0.05, 0.1) is 5.69 Å². The number of carbonyl (C=O) groups excluding carboxylic acids is 3. The number of phenolic OH excluding ortho intramolecular Hbond substituents is 1. The molecule has 2 aromatic carbocycles. The maximum atomic E-state index is 12.9. The van der Waals surface area contributed by atoms with Gasteiger partial charge in [0.25, 0.3) is 11.8 Å². The molecule has 132 valence electrons. The smallest absolute Gasteiger partial charge is 0.335 e. The van der Waals surface area contributed by atoms with Gasteiger partial charge >= 0.3 is 6.03 Å². The van der Waals surface area contributed by atoms with Gasteiger partial charge in [-0.15, -0.1) is 0 Å². The fraction of sp³-hybridized carbons (Fsp3) is 0.150. The average Bonchev–Trinajstić information content (AvgIpc) is 2.55. The van der Waals surface area contributed by atoms with Crippen molar-refractivity contribution in [2.45, 2.75) is 20.8 Å². The van der Waals surface area contributed by atoms with Crippen LogP contribution >= 0.6 is 0 Å². The molecule has 26 heavy (non-hydrogen) atoms. The van der Waals surface area contributed by atoms with Crippen LogP contribution in [-0.4, -0.2) is 23.0 Å². The molecular formula is C20H18N2O4. The zero-order chi connectivity index (χ0) is 19.0. The number of anilines is 1. The average molecular weight is 350 g/mol. The van der Waals surface area contributed by atoms with Crippen molar-refractivity contribution in [1.29, 1.82) is 0 Å². The van der Waals surface area contributed by atoms with Gasteiger partial charge in [-0.25, -0.2) is 9.69 Å². The maximum absolute atomic E-state index is 12.9. The van der Waals surface area contributed by atoms with E-state index in [1.165, 1.54) is 18.2 Å². The molecular weight excluding hydrogens is 332 g/mol. The Morgan fingerprint density at radius 1 is 0.962 bits per heavy atom. The fourth-order valence-electron chi connectivity index (χ4n) is 3.12. The predicted octanol–water partition coefficient (Wildman–Crippen LogP) is 2.98. The lowest BCUT2D eigenvalue weighted by molar-refractivity contribution is -0.122. The lowest BCUT2D eigenvalue weighted by atomic mass is 10.0. The molecule has 6 nitrogen and oxygen atoms in total.